The molecule has 3 N–H and O–H groups in total. The van der Waals surface area contributed by atoms with E-state index in [9.17, 15) is 5.11 Å². The summed E-state index contributed by atoms with van der Waals surface area (Å²) in [5.74, 6) is 0.158. The smallest absolute Gasteiger partial charge is 0.130 e. The van der Waals surface area contributed by atoms with Crippen LogP contribution in [0.3, 0.4) is 0 Å². The van der Waals surface area contributed by atoms with E-state index in [-0.39, 0.29) is 12.0 Å². The zero-order chi connectivity index (χ0) is 14.2. The molecule has 3 unspecified atom stereocenters. The molecule has 0 aromatic carbocycles. The van der Waals surface area contributed by atoms with Crippen LogP contribution < -0.4 is 10.6 Å². The predicted octanol–water partition coefficient (Wildman–Crippen LogP) is 2.38. The van der Waals surface area contributed by atoms with Gasteiger partial charge in [-0.3, -0.25) is 5.32 Å². The van der Waals surface area contributed by atoms with Crippen LogP contribution in [0.5, 0.6) is 0 Å². The van der Waals surface area contributed by atoms with E-state index >= 15 is 0 Å². The van der Waals surface area contributed by atoms with E-state index in [1.54, 1.807) is 22.7 Å². The topological polar surface area (TPSA) is 53.5 Å². The molecule has 0 amide bonds. The maximum atomic E-state index is 10.5. The van der Waals surface area contributed by atoms with Gasteiger partial charge in [-0.15, -0.1) is 22.7 Å². The van der Waals surface area contributed by atoms with Crippen molar-refractivity contribution >= 4 is 28.4 Å². The molecule has 4 rings (SSSR count). The highest BCUT2D eigenvalue weighted by Gasteiger charge is 2.42. The fourth-order valence-electron chi connectivity index (χ4n) is 3.08. The maximum Gasteiger partial charge on any atom is 0.130 e. The fraction of sp³-hybridized carbons (Fsp3) is 0.333. The summed E-state index contributed by atoms with van der Waals surface area (Å²) in [6.07, 6.45) is -0.631. The number of aliphatic hydroxyl groups excluding tert-OH is 1. The first-order valence-electron chi connectivity index (χ1n) is 6.91. The van der Waals surface area contributed by atoms with Gasteiger partial charge in [0.2, 0.25) is 0 Å². The van der Waals surface area contributed by atoms with Crippen molar-refractivity contribution in [2.24, 2.45) is 5.92 Å². The Morgan fingerprint density at radius 1 is 1.19 bits per heavy atom. The minimum absolute atomic E-state index is 0.116. The minimum Gasteiger partial charge on any atom is -0.375 e. The van der Waals surface area contributed by atoms with Gasteiger partial charge in [-0.05, 0) is 22.9 Å². The van der Waals surface area contributed by atoms with Gasteiger partial charge in [0, 0.05) is 16.4 Å². The van der Waals surface area contributed by atoms with Crippen molar-refractivity contribution in [3.63, 3.8) is 0 Å². The molecule has 4 nitrogen and oxygen atoms in total. The van der Waals surface area contributed by atoms with Crippen molar-refractivity contribution in [2.75, 3.05) is 13.3 Å². The zero-order valence-electron chi connectivity index (χ0n) is 11.3. The van der Waals surface area contributed by atoms with Crippen molar-refractivity contribution in [3.8, 4) is 0 Å². The Morgan fingerprint density at radius 2 is 2.05 bits per heavy atom. The van der Waals surface area contributed by atoms with Crippen LogP contribution in [0.4, 0.5) is 0 Å². The first-order chi connectivity index (χ1) is 10.3. The SMILES string of the molecule is OC1NC(c2cccs2)C2COCNC(c3cccs3)=C12. The molecule has 21 heavy (non-hydrogen) atoms. The van der Waals surface area contributed by atoms with Gasteiger partial charge >= 0.3 is 0 Å². The van der Waals surface area contributed by atoms with Gasteiger partial charge in [0.15, 0.2) is 0 Å². The number of hydrogen-bond donors (Lipinski definition) is 3. The molecule has 4 heterocycles. The highest BCUT2D eigenvalue weighted by Crippen LogP contribution is 2.42. The van der Waals surface area contributed by atoms with Crippen molar-refractivity contribution in [1.82, 2.24) is 10.6 Å². The summed E-state index contributed by atoms with van der Waals surface area (Å²) >= 11 is 3.39. The highest BCUT2D eigenvalue weighted by molar-refractivity contribution is 7.11. The van der Waals surface area contributed by atoms with Crippen LogP contribution in [0.15, 0.2) is 40.6 Å². The monoisotopic (exact) mass is 320 g/mol. The average molecular weight is 320 g/mol. The molecule has 0 saturated carbocycles. The third-order valence-electron chi connectivity index (χ3n) is 3.99. The molecule has 1 fully saturated rings. The summed E-state index contributed by atoms with van der Waals surface area (Å²) in [6.45, 7) is 1.10. The number of thiophene rings is 2. The second-order valence-corrected chi connectivity index (χ2v) is 7.10. The number of ether oxygens (including phenoxy) is 1. The molecule has 3 atom stereocenters. The van der Waals surface area contributed by atoms with E-state index in [1.807, 2.05) is 12.1 Å². The maximum absolute atomic E-state index is 10.5. The quantitative estimate of drug-likeness (QED) is 0.795. The minimum atomic E-state index is -0.631. The summed E-state index contributed by atoms with van der Waals surface area (Å²) < 4.78 is 5.72. The number of nitrogens with one attached hydrogen (secondary N) is 2. The summed E-state index contributed by atoms with van der Waals surface area (Å²) in [7, 11) is 0. The van der Waals surface area contributed by atoms with Gasteiger partial charge in [-0.1, -0.05) is 12.1 Å². The normalized spacial score (nSPS) is 29.1. The number of aliphatic hydroxyl groups is 1. The molecule has 0 aliphatic carbocycles. The Labute approximate surface area is 131 Å². The molecular formula is C15H16N2O2S2. The molecule has 2 aromatic rings. The van der Waals surface area contributed by atoms with Gasteiger partial charge in [-0.25, -0.2) is 0 Å². The Balaban J connectivity index is 1.79. The lowest BCUT2D eigenvalue weighted by Crippen LogP contribution is -2.27. The summed E-state index contributed by atoms with van der Waals surface area (Å²) in [6, 6.07) is 8.38. The second kappa shape index (κ2) is 5.55. The van der Waals surface area contributed by atoms with Gasteiger partial charge in [0.05, 0.1) is 23.2 Å². The lowest BCUT2D eigenvalue weighted by molar-refractivity contribution is 0.105. The largest absolute Gasteiger partial charge is 0.375 e. The molecule has 2 aromatic heterocycles. The Hall–Kier alpha value is -1.18. The molecule has 2 aliphatic heterocycles. The van der Waals surface area contributed by atoms with E-state index in [1.165, 1.54) is 4.88 Å². The summed E-state index contributed by atoms with van der Waals surface area (Å²) in [5, 5.41) is 21.3. The second-order valence-electron chi connectivity index (χ2n) is 5.17. The number of fused-ring (bicyclic) bond motifs is 1. The van der Waals surface area contributed by atoms with E-state index in [0.717, 1.165) is 16.1 Å². The van der Waals surface area contributed by atoms with Crippen molar-refractivity contribution in [3.05, 3.63) is 50.4 Å². The van der Waals surface area contributed by atoms with E-state index < -0.39 is 6.23 Å². The predicted molar refractivity (Wildman–Crippen MR) is 84.9 cm³/mol. The highest BCUT2D eigenvalue weighted by atomic mass is 32.1. The Morgan fingerprint density at radius 3 is 2.81 bits per heavy atom. The molecule has 1 saturated heterocycles. The van der Waals surface area contributed by atoms with Crippen LogP contribution >= 0.6 is 22.7 Å². The molecule has 0 radical (unpaired) electrons. The Bertz CT molecular complexity index is 637. The third-order valence-corrected chi connectivity index (χ3v) is 5.83. The third kappa shape index (κ3) is 2.33. The number of hydrogen-bond acceptors (Lipinski definition) is 6. The zero-order valence-corrected chi connectivity index (χ0v) is 12.9. The van der Waals surface area contributed by atoms with Gasteiger partial charge < -0.3 is 15.2 Å². The summed E-state index contributed by atoms with van der Waals surface area (Å²) in [4.78, 5) is 2.39. The van der Waals surface area contributed by atoms with Crippen LogP contribution in [0, 0.1) is 5.92 Å². The van der Waals surface area contributed by atoms with Gasteiger partial charge in [0.25, 0.3) is 0 Å². The molecular weight excluding hydrogens is 304 g/mol. The van der Waals surface area contributed by atoms with Gasteiger partial charge in [-0.2, -0.15) is 0 Å². The van der Waals surface area contributed by atoms with Crippen molar-refractivity contribution in [1.29, 1.82) is 0 Å². The first kappa shape index (κ1) is 13.5. The van der Waals surface area contributed by atoms with Gasteiger partial charge in [0.1, 0.15) is 13.0 Å². The summed E-state index contributed by atoms with van der Waals surface area (Å²) in [5.41, 5.74) is 2.04. The molecule has 2 aliphatic rings. The van der Waals surface area contributed by atoms with Crippen LogP contribution in [0.2, 0.25) is 0 Å². The van der Waals surface area contributed by atoms with Crippen molar-refractivity contribution < 1.29 is 9.84 Å². The van der Waals surface area contributed by atoms with Crippen LogP contribution in [0.25, 0.3) is 5.70 Å². The standard InChI is InChI=1S/C15H16N2O2S2/c18-15-12-9(13(17-15)10-3-1-5-20-10)7-19-8-16-14(12)11-4-2-6-21-11/h1-6,9,13,15-18H,7-8H2. The Kier molecular flexibility index (Phi) is 3.56. The molecule has 0 bridgehead atoms. The van der Waals surface area contributed by atoms with Crippen molar-refractivity contribution in [2.45, 2.75) is 12.3 Å². The van der Waals surface area contributed by atoms with Crippen LogP contribution in [0.1, 0.15) is 15.8 Å². The lowest BCUT2D eigenvalue weighted by atomic mass is 9.93. The average Bonchev–Trinajstić information content (AvgIpc) is 3.19. The molecule has 0 spiro atoms. The fourth-order valence-corrected chi connectivity index (χ4v) is 4.70. The van der Waals surface area contributed by atoms with Crippen LogP contribution in [-0.4, -0.2) is 24.7 Å². The lowest BCUT2D eigenvalue weighted by Gasteiger charge is -2.17. The van der Waals surface area contributed by atoms with E-state index in [4.69, 9.17) is 4.74 Å². The first-order valence-corrected chi connectivity index (χ1v) is 8.67. The van der Waals surface area contributed by atoms with E-state index in [2.05, 4.69) is 33.5 Å². The van der Waals surface area contributed by atoms with E-state index in [0.29, 0.717) is 13.3 Å². The number of rotatable bonds is 2. The van der Waals surface area contributed by atoms with Crippen LogP contribution in [-0.2, 0) is 4.74 Å². The molecule has 110 valence electrons. The molecule has 6 heteroatoms.